The van der Waals surface area contributed by atoms with Gasteiger partial charge in [-0.2, -0.15) is 0 Å². The molecule has 1 N–H and O–H groups in total. The minimum absolute atomic E-state index is 0.515. The third kappa shape index (κ3) is 4.63. The Bertz CT molecular complexity index is 375. The lowest BCUT2D eigenvalue weighted by molar-refractivity contribution is 0.110. The number of rotatable bonds is 6. The van der Waals surface area contributed by atoms with Crippen LogP contribution in [-0.4, -0.2) is 19.8 Å². The summed E-state index contributed by atoms with van der Waals surface area (Å²) in [6.07, 6.45) is 5.12. The molecule has 1 unspecified atom stereocenters. The molecule has 0 heterocycles. The molecule has 0 saturated carbocycles. The molecule has 2 heteroatoms. The summed E-state index contributed by atoms with van der Waals surface area (Å²) >= 11 is 0. The zero-order valence-corrected chi connectivity index (χ0v) is 12.3. The van der Waals surface area contributed by atoms with Crippen LogP contribution in [0.5, 0.6) is 0 Å². The van der Waals surface area contributed by atoms with Crippen LogP contribution in [0, 0.1) is 5.92 Å². The highest BCUT2D eigenvalue weighted by Gasteiger charge is 2.17. The Morgan fingerprint density at radius 2 is 2.11 bits per heavy atom. The van der Waals surface area contributed by atoms with Crippen LogP contribution in [0.4, 0.5) is 0 Å². The molecule has 1 atom stereocenters. The van der Waals surface area contributed by atoms with E-state index in [9.17, 15) is 0 Å². The fraction of sp³-hybridized carbons (Fsp3) is 0.647. The molecule has 0 radical (unpaired) electrons. The molecule has 1 aromatic rings. The molecule has 106 valence electrons. The van der Waals surface area contributed by atoms with E-state index in [4.69, 9.17) is 4.74 Å². The number of nitrogens with one attached hydrogen (secondary N) is 1. The molecular formula is C17H27NO. The second kappa shape index (κ2) is 7.66. The first-order valence-corrected chi connectivity index (χ1v) is 7.66. The monoisotopic (exact) mass is 261 g/mol. The first-order valence-electron chi connectivity index (χ1n) is 7.66. The fourth-order valence-electron chi connectivity index (χ4n) is 2.76. The SMILES string of the molecule is CC(C)COCCNC1CCCCc2ccccc21. The van der Waals surface area contributed by atoms with Gasteiger partial charge in [0.15, 0.2) is 0 Å². The minimum atomic E-state index is 0.515. The Morgan fingerprint density at radius 1 is 1.26 bits per heavy atom. The van der Waals surface area contributed by atoms with Gasteiger partial charge < -0.3 is 10.1 Å². The Labute approximate surface area is 117 Å². The van der Waals surface area contributed by atoms with E-state index in [2.05, 4.69) is 43.4 Å². The number of aryl methyl sites for hydroxylation is 1. The van der Waals surface area contributed by atoms with Gasteiger partial charge in [-0.15, -0.1) is 0 Å². The number of benzene rings is 1. The molecule has 0 amide bonds. The van der Waals surface area contributed by atoms with E-state index >= 15 is 0 Å². The predicted octanol–water partition coefficient (Wildman–Crippen LogP) is 3.72. The van der Waals surface area contributed by atoms with Crippen molar-refractivity contribution in [2.24, 2.45) is 5.92 Å². The predicted molar refractivity (Wildman–Crippen MR) is 80.4 cm³/mol. The quantitative estimate of drug-likeness (QED) is 0.622. The standard InChI is InChI=1S/C17H27NO/c1-14(2)13-19-12-11-18-17-10-6-4-8-15-7-3-5-9-16(15)17/h3,5,7,9,14,17-18H,4,6,8,10-13H2,1-2H3. The van der Waals surface area contributed by atoms with E-state index in [-0.39, 0.29) is 0 Å². The Balaban J connectivity index is 1.83. The maximum atomic E-state index is 5.64. The molecule has 1 aliphatic carbocycles. The zero-order valence-electron chi connectivity index (χ0n) is 12.3. The van der Waals surface area contributed by atoms with Crippen molar-refractivity contribution < 1.29 is 4.74 Å². The molecular weight excluding hydrogens is 234 g/mol. The Morgan fingerprint density at radius 3 is 2.95 bits per heavy atom. The van der Waals surface area contributed by atoms with Crippen molar-refractivity contribution >= 4 is 0 Å². The van der Waals surface area contributed by atoms with Crippen molar-refractivity contribution in [3.05, 3.63) is 35.4 Å². The van der Waals surface area contributed by atoms with Crippen LogP contribution in [0.25, 0.3) is 0 Å². The molecule has 0 aromatic heterocycles. The van der Waals surface area contributed by atoms with E-state index in [1.165, 1.54) is 36.8 Å². The highest BCUT2D eigenvalue weighted by Crippen LogP contribution is 2.28. The lowest BCUT2D eigenvalue weighted by Gasteiger charge is -2.19. The highest BCUT2D eigenvalue weighted by molar-refractivity contribution is 5.31. The molecule has 19 heavy (non-hydrogen) atoms. The molecule has 0 saturated heterocycles. The molecule has 0 aliphatic heterocycles. The van der Waals surface area contributed by atoms with Gasteiger partial charge in [0, 0.05) is 19.2 Å². The average Bonchev–Trinajstić information content (AvgIpc) is 2.61. The summed E-state index contributed by atoms with van der Waals surface area (Å²) in [7, 11) is 0. The lowest BCUT2D eigenvalue weighted by Crippen LogP contribution is -2.26. The van der Waals surface area contributed by atoms with Gasteiger partial charge in [0.05, 0.1) is 6.61 Å². The van der Waals surface area contributed by atoms with Crippen molar-refractivity contribution in [3.63, 3.8) is 0 Å². The van der Waals surface area contributed by atoms with E-state index in [0.29, 0.717) is 12.0 Å². The maximum Gasteiger partial charge on any atom is 0.0591 e. The third-order valence-corrected chi connectivity index (χ3v) is 3.71. The summed E-state index contributed by atoms with van der Waals surface area (Å²) in [5.74, 6) is 0.624. The van der Waals surface area contributed by atoms with Crippen LogP contribution < -0.4 is 5.32 Å². The number of ether oxygens (including phenoxy) is 1. The van der Waals surface area contributed by atoms with Crippen LogP contribution in [0.15, 0.2) is 24.3 Å². The third-order valence-electron chi connectivity index (χ3n) is 3.71. The molecule has 1 aliphatic rings. The topological polar surface area (TPSA) is 21.3 Å². The summed E-state index contributed by atoms with van der Waals surface area (Å²) < 4.78 is 5.64. The molecule has 2 rings (SSSR count). The second-order valence-electron chi connectivity index (χ2n) is 5.92. The Hall–Kier alpha value is -0.860. The first kappa shape index (κ1) is 14.5. The van der Waals surface area contributed by atoms with Crippen molar-refractivity contribution in [3.8, 4) is 0 Å². The lowest BCUT2D eigenvalue weighted by atomic mass is 9.99. The van der Waals surface area contributed by atoms with Crippen LogP contribution in [-0.2, 0) is 11.2 Å². The summed E-state index contributed by atoms with van der Waals surface area (Å²) in [4.78, 5) is 0. The van der Waals surface area contributed by atoms with Gasteiger partial charge in [0.25, 0.3) is 0 Å². The van der Waals surface area contributed by atoms with E-state index in [1.807, 2.05) is 0 Å². The van der Waals surface area contributed by atoms with Gasteiger partial charge in [-0.05, 0) is 36.3 Å². The van der Waals surface area contributed by atoms with E-state index in [0.717, 1.165) is 19.8 Å². The average molecular weight is 261 g/mol. The largest absolute Gasteiger partial charge is 0.380 e. The van der Waals surface area contributed by atoms with Gasteiger partial charge in [0.1, 0.15) is 0 Å². The first-order chi connectivity index (χ1) is 9.27. The van der Waals surface area contributed by atoms with Gasteiger partial charge in [-0.3, -0.25) is 0 Å². The van der Waals surface area contributed by atoms with Crippen molar-refractivity contribution in [1.82, 2.24) is 5.32 Å². The normalized spacial score (nSPS) is 19.2. The number of hydrogen-bond donors (Lipinski definition) is 1. The molecule has 0 fully saturated rings. The van der Waals surface area contributed by atoms with Gasteiger partial charge in [-0.25, -0.2) is 0 Å². The van der Waals surface area contributed by atoms with Crippen LogP contribution >= 0.6 is 0 Å². The smallest absolute Gasteiger partial charge is 0.0591 e. The molecule has 1 aromatic carbocycles. The minimum Gasteiger partial charge on any atom is -0.380 e. The van der Waals surface area contributed by atoms with Gasteiger partial charge in [0.2, 0.25) is 0 Å². The maximum absolute atomic E-state index is 5.64. The van der Waals surface area contributed by atoms with E-state index < -0.39 is 0 Å². The summed E-state index contributed by atoms with van der Waals surface area (Å²) in [5.41, 5.74) is 3.03. The van der Waals surface area contributed by atoms with Crippen molar-refractivity contribution in [2.45, 2.75) is 45.6 Å². The van der Waals surface area contributed by atoms with Gasteiger partial charge in [-0.1, -0.05) is 44.5 Å². The zero-order chi connectivity index (χ0) is 13.5. The Kier molecular flexibility index (Phi) is 5.87. The molecule has 0 spiro atoms. The highest BCUT2D eigenvalue weighted by atomic mass is 16.5. The van der Waals surface area contributed by atoms with Crippen molar-refractivity contribution in [2.75, 3.05) is 19.8 Å². The summed E-state index contributed by atoms with van der Waals surface area (Å²) in [6, 6.07) is 9.40. The number of fused-ring (bicyclic) bond motifs is 1. The molecule has 2 nitrogen and oxygen atoms in total. The van der Waals surface area contributed by atoms with Gasteiger partial charge >= 0.3 is 0 Å². The second-order valence-corrected chi connectivity index (χ2v) is 5.92. The summed E-state index contributed by atoms with van der Waals surface area (Å²) in [5, 5.41) is 3.67. The van der Waals surface area contributed by atoms with E-state index in [1.54, 1.807) is 0 Å². The van der Waals surface area contributed by atoms with Crippen LogP contribution in [0.3, 0.4) is 0 Å². The van der Waals surface area contributed by atoms with Crippen LogP contribution in [0.1, 0.15) is 50.3 Å². The summed E-state index contributed by atoms with van der Waals surface area (Å²) in [6.45, 7) is 7.01. The van der Waals surface area contributed by atoms with Crippen molar-refractivity contribution in [1.29, 1.82) is 0 Å². The number of hydrogen-bond acceptors (Lipinski definition) is 2. The van der Waals surface area contributed by atoms with Crippen LogP contribution in [0.2, 0.25) is 0 Å². The fourth-order valence-corrected chi connectivity index (χ4v) is 2.76. The molecule has 0 bridgehead atoms.